The van der Waals surface area contributed by atoms with E-state index in [-0.39, 0.29) is 5.60 Å². The van der Waals surface area contributed by atoms with Crippen molar-refractivity contribution in [2.45, 2.75) is 73.3 Å². The number of benzene rings is 2. The normalized spacial score (nSPS) is 14.2. The smallest absolute Gasteiger partial charge is 0.127 e. The molecule has 24 heavy (non-hydrogen) atoms. The molecule has 0 radical (unpaired) electrons. The molecule has 1 unspecified atom stereocenters. The molecular weight excluding hydrogens is 292 g/mol. The van der Waals surface area contributed by atoms with Crippen LogP contribution in [0.2, 0.25) is 0 Å². The maximum atomic E-state index is 6.21. The van der Waals surface area contributed by atoms with E-state index < -0.39 is 0 Å². The zero-order chi connectivity index (χ0) is 18.1. The van der Waals surface area contributed by atoms with Gasteiger partial charge in [-0.15, -0.1) is 0 Å². The van der Waals surface area contributed by atoms with E-state index in [4.69, 9.17) is 4.74 Å². The fraction of sp³-hybridized carbons (Fsp3) is 0.565. The average molecular weight is 327 g/mol. The van der Waals surface area contributed by atoms with Gasteiger partial charge in [0.2, 0.25) is 0 Å². The van der Waals surface area contributed by atoms with Crippen molar-refractivity contribution in [1.82, 2.24) is 0 Å². The highest BCUT2D eigenvalue weighted by Crippen LogP contribution is 2.41. The summed E-state index contributed by atoms with van der Waals surface area (Å²) in [4.78, 5) is 0. The Morgan fingerprint density at radius 3 is 1.96 bits per heavy atom. The van der Waals surface area contributed by atoms with Crippen molar-refractivity contribution in [3.05, 3.63) is 42.0 Å². The maximum absolute atomic E-state index is 6.21. The first-order valence-corrected chi connectivity index (χ1v) is 9.18. The van der Waals surface area contributed by atoms with Crippen molar-refractivity contribution in [2.24, 2.45) is 11.3 Å². The van der Waals surface area contributed by atoms with Gasteiger partial charge in [-0.3, -0.25) is 0 Å². The lowest BCUT2D eigenvalue weighted by atomic mass is 9.75. The molecule has 1 nitrogen and oxygen atoms in total. The summed E-state index contributed by atoms with van der Waals surface area (Å²) < 4.78 is 6.21. The van der Waals surface area contributed by atoms with Crippen LogP contribution in [0.5, 0.6) is 5.75 Å². The van der Waals surface area contributed by atoms with Gasteiger partial charge >= 0.3 is 0 Å². The predicted molar refractivity (Wildman–Crippen MR) is 106 cm³/mol. The third kappa shape index (κ3) is 4.75. The van der Waals surface area contributed by atoms with Crippen LogP contribution >= 0.6 is 0 Å². The molecule has 0 spiro atoms. The fourth-order valence-corrected chi connectivity index (χ4v) is 3.41. The van der Waals surface area contributed by atoms with Crippen molar-refractivity contribution in [3.8, 4) is 5.75 Å². The number of fused-ring (bicyclic) bond motifs is 1. The molecule has 0 fully saturated rings. The summed E-state index contributed by atoms with van der Waals surface area (Å²) in [5, 5.41) is 2.56. The molecule has 0 N–H and O–H groups in total. The van der Waals surface area contributed by atoms with Crippen molar-refractivity contribution in [3.63, 3.8) is 0 Å². The van der Waals surface area contributed by atoms with Crippen molar-refractivity contribution in [2.75, 3.05) is 0 Å². The first-order valence-electron chi connectivity index (χ1n) is 9.18. The van der Waals surface area contributed by atoms with Gasteiger partial charge in [-0.1, -0.05) is 65.0 Å². The topological polar surface area (TPSA) is 9.23 Å². The molecule has 2 rings (SSSR count). The molecule has 0 heterocycles. The molecule has 1 heteroatoms. The molecule has 0 aliphatic carbocycles. The number of hydrogen-bond donors (Lipinski definition) is 0. The van der Waals surface area contributed by atoms with Gasteiger partial charge in [-0.2, -0.15) is 0 Å². The van der Waals surface area contributed by atoms with Crippen molar-refractivity contribution >= 4 is 10.8 Å². The number of rotatable bonds is 4. The van der Waals surface area contributed by atoms with Gasteiger partial charge in [0.25, 0.3) is 0 Å². The standard InChI is InChI=1S/C23H34O/c1-16(2)20(15-22(3,4)5)18-11-9-13-19-17(18)12-10-14-21(19)24-23(6,7)8/h9-14,16,20H,15H2,1-8H3. The van der Waals surface area contributed by atoms with E-state index in [1.54, 1.807) is 0 Å². The molecule has 0 saturated heterocycles. The highest BCUT2D eigenvalue weighted by Gasteiger charge is 2.25. The average Bonchev–Trinajstić information content (AvgIpc) is 2.42. The van der Waals surface area contributed by atoms with Crippen LogP contribution in [-0.2, 0) is 0 Å². The van der Waals surface area contributed by atoms with Crippen LogP contribution in [0.4, 0.5) is 0 Å². The van der Waals surface area contributed by atoms with Crippen LogP contribution in [-0.4, -0.2) is 5.60 Å². The van der Waals surface area contributed by atoms with Gasteiger partial charge in [0.05, 0.1) is 0 Å². The van der Waals surface area contributed by atoms with Crippen LogP contribution in [0.3, 0.4) is 0 Å². The second kappa shape index (κ2) is 6.78. The Morgan fingerprint density at radius 1 is 0.833 bits per heavy atom. The summed E-state index contributed by atoms with van der Waals surface area (Å²) in [7, 11) is 0. The fourth-order valence-electron chi connectivity index (χ4n) is 3.41. The number of hydrogen-bond acceptors (Lipinski definition) is 1. The van der Waals surface area contributed by atoms with Gasteiger partial charge in [-0.05, 0) is 61.5 Å². The quantitative estimate of drug-likeness (QED) is 0.577. The Balaban J connectivity index is 2.57. The first-order chi connectivity index (χ1) is 11.0. The Bertz CT molecular complexity index is 683. The lowest BCUT2D eigenvalue weighted by molar-refractivity contribution is 0.133. The van der Waals surface area contributed by atoms with E-state index in [0.29, 0.717) is 17.3 Å². The van der Waals surface area contributed by atoms with Crippen LogP contribution in [0.25, 0.3) is 10.8 Å². The van der Waals surface area contributed by atoms with Gasteiger partial charge < -0.3 is 4.74 Å². The lowest BCUT2D eigenvalue weighted by Crippen LogP contribution is -2.23. The Kier molecular flexibility index (Phi) is 5.32. The SMILES string of the molecule is CC(C)C(CC(C)(C)C)c1cccc2c(OC(C)(C)C)cccc12. The van der Waals surface area contributed by atoms with Crippen LogP contribution in [0, 0.1) is 11.3 Å². The Labute approximate surface area is 148 Å². The van der Waals surface area contributed by atoms with Crippen molar-refractivity contribution in [1.29, 1.82) is 0 Å². The molecule has 1 atom stereocenters. The molecule has 0 aliphatic rings. The van der Waals surface area contributed by atoms with Gasteiger partial charge in [0.15, 0.2) is 0 Å². The largest absolute Gasteiger partial charge is 0.488 e. The van der Waals surface area contributed by atoms with Gasteiger partial charge in [0, 0.05) is 5.39 Å². The molecule has 0 saturated carbocycles. The highest BCUT2D eigenvalue weighted by molar-refractivity contribution is 5.91. The zero-order valence-corrected chi connectivity index (χ0v) is 16.7. The third-order valence-corrected chi connectivity index (χ3v) is 4.37. The molecule has 0 amide bonds. The third-order valence-electron chi connectivity index (χ3n) is 4.37. The van der Waals surface area contributed by atoms with E-state index in [9.17, 15) is 0 Å². The summed E-state index contributed by atoms with van der Waals surface area (Å²) in [6.07, 6.45) is 1.19. The molecular formula is C23H34O. The molecule has 132 valence electrons. The minimum Gasteiger partial charge on any atom is -0.488 e. The van der Waals surface area contributed by atoms with Crippen LogP contribution < -0.4 is 4.74 Å². The Hall–Kier alpha value is -1.50. The highest BCUT2D eigenvalue weighted by atomic mass is 16.5. The summed E-state index contributed by atoms with van der Waals surface area (Å²) in [5.74, 6) is 2.15. The predicted octanol–water partition coefficient (Wildman–Crippen LogP) is 7.19. The van der Waals surface area contributed by atoms with E-state index >= 15 is 0 Å². The lowest BCUT2D eigenvalue weighted by Gasteiger charge is -2.30. The number of ether oxygens (including phenoxy) is 1. The molecule has 0 aliphatic heterocycles. The van der Waals surface area contributed by atoms with Crippen molar-refractivity contribution < 1.29 is 4.74 Å². The Morgan fingerprint density at radius 2 is 1.42 bits per heavy atom. The van der Waals surface area contributed by atoms with Gasteiger partial charge in [0.1, 0.15) is 11.4 Å². The van der Waals surface area contributed by atoms with Crippen LogP contribution in [0.1, 0.15) is 73.3 Å². The minimum absolute atomic E-state index is 0.187. The maximum Gasteiger partial charge on any atom is 0.127 e. The minimum atomic E-state index is -0.187. The molecule has 2 aromatic carbocycles. The monoisotopic (exact) mass is 326 g/mol. The molecule has 0 bridgehead atoms. The molecule has 0 aromatic heterocycles. The second-order valence-electron chi connectivity index (χ2n) is 9.53. The van der Waals surface area contributed by atoms with E-state index in [1.807, 2.05) is 0 Å². The zero-order valence-electron chi connectivity index (χ0n) is 16.7. The summed E-state index contributed by atoms with van der Waals surface area (Å²) in [6.45, 7) is 18.0. The second-order valence-corrected chi connectivity index (χ2v) is 9.53. The first kappa shape index (κ1) is 18.8. The van der Waals surface area contributed by atoms with Gasteiger partial charge in [-0.25, -0.2) is 0 Å². The van der Waals surface area contributed by atoms with E-state index in [2.05, 4.69) is 91.8 Å². The van der Waals surface area contributed by atoms with E-state index in [1.165, 1.54) is 22.8 Å². The summed E-state index contributed by atoms with van der Waals surface area (Å²) in [6, 6.07) is 13.1. The van der Waals surface area contributed by atoms with E-state index in [0.717, 1.165) is 5.75 Å². The summed E-state index contributed by atoms with van der Waals surface area (Å²) >= 11 is 0. The van der Waals surface area contributed by atoms with Crippen LogP contribution in [0.15, 0.2) is 36.4 Å². The molecule has 2 aromatic rings. The summed E-state index contributed by atoms with van der Waals surface area (Å²) in [5.41, 5.74) is 1.58.